The minimum absolute atomic E-state index is 0.000783. The molecule has 0 saturated heterocycles. The number of benzene rings is 2. The number of halogens is 6. The number of hydrogen-bond acceptors (Lipinski definition) is 6. The Labute approximate surface area is 218 Å². The van der Waals surface area contributed by atoms with Crippen LogP contribution in [-0.4, -0.2) is 33.2 Å². The second kappa shape index (κ2) is 9.71. The second-order valence-electron chi connectivity index (χ2n) is 7.46. The van der Waals surface area contributed by atoms with E-state index < -0.39 is 50.5 Å². The van der Waals surface area contributed by atoms with Crippen LogP contribution < -0.4 is 4.31 Å². The topological polar surface area (TPSA) is 85.8 Å². The van der Waals surface area contributed by atoms with Crippen LogP contribution in [0.2, 0.25) is 15.1 Å². The standard InChI is InChI=1S/C22H14Cl3F3N2O5S/c1-34-10-30(36(32,33)12-5-6-15(24)14(8-12)22(26,27)28)17-7-11(23)9-29-19(17)20-18-13(21(31)35-20)3-2-4-16(18)25/h2-9,20H,10H2,1H3. The summed E-state index contributed by atoms with van der Waals surface area (Å²) in [5.41, 5.74) is -1.20. The smallest absolute Gasteiger partial charge is 0.417 e. The molecule has 0 spiro atoms. The van der Waals surface area contributed by atoms with E-state index in [9.17, 15) is 26.4 Å². The van der Waals surface area contributed by atoms with Gasteiger partial charge in [-0.1, -0.05) is 40.9 Å². The van der Waals surface area contributed by atoms with Gasteiger partial charge in [0.25, 0.3) is 10.0 Å². The SMILES string of the molecule is COCN(c1cc(Cl)cnc1C1OC(=O)c2cccc(Cl)c21)S(=O)(=O)c1ccc(Cl)c(C(F)(F)F)c1. The van der Waals surface area contributed by atoms with Gasteiger partial charge in [0, 0.05) is 23.9 Å². The summed E-state index contributed by atoms with van der Waals surface area (Å²) in [6.45, 7) is -0.641. The van der Waals surface area contributed by atoms with E-state index in [1.165, 1.54) is 31.5 Å². The molecule has 0 aliphatic carbocycles. The molecule has 36 heavy (non-hydrogen) atoms. The summed E-state index contributed by atoms with van der Waals surface area (Å²) >= 11 is 18.1. The highest BCUT2D eigenvalue weighted by molar-refractivity contribution is 7.92. The molecule has 0 radical (unpaired) electrons. The van der Waals surface area contributed by atoms with Gasteiger partial charge in [0.2, 0.25) is 0 Å². The summed E-state index contributed by atoms with van der Waals surface area (Å²) in [5, 5.41) is -0.505. The zero-order valence-electron chi connectivity index (χ0n) is 18.0. The van der Waals surface area contributed by atoms with Gasteiger partial charge in [0.1, 0.15) is 12.4 Å². The second-order valence-corrected chi connectivity index (χ2v) is 10.6. The number of nitrogens with zero attached hydrogens (tertiary/aromatic N) is 2. The average molecular weight is 582 g/mol. The fourth-order valence-electron chi connectivity index (χ4n) is 3.64. The van der Waals surface area contributed by atoms with E-state index in [1.807, 2.05) is 0 Å². The third-order valence-electron chi connectivity index (χ3n) is 5.22. The van der Waals surface area contributed by atoms with Crippen molar-refractivity contribution in [2.24, 2.45) is 0 Å². The molecule has 1 unspecified atom stereocenters. The maximum atomic E-state index is 13.6. The summed E-state index contributed by atoms with van der Waals surface area (Å²) in [4.78, 5) is 15.9. The third kappa shape index (κ3) is 4.73. The van der Waals surface area contributed by atoms with Crippen molar-refractivity contribution in [1.82, 2.24) is 4.98 Å². The third-order valence-corrected chi connectivity index (χ3v) is 7.82. The first-order valence-corrected chi connectivity index (χ1v) is 12.5. The Morgan fingerprint density at radius 1 is 1.11 bits per heavy atom. The summed E-state index contributed by atoms with van der Waals surface area (Å²) in [5.74, 6) is -0.714. The summed E-state index contributed by atoms with van der Waals surface area (Å²) in [6, 6.07) is 7.92. The number of methoxy groups -OCH3 is 1. The van der Waals surface area contributed by atoms with E-state index in [2.05, 4.69) is 4.98 Å². The number of hydrogen-bond donors (Lipinski definition) is 0. The van der Waals surface area contributed by atoms with Crippen LogP contribution in [0.3, 0.4) is 0 Å². The summed E-state index contributed by atoms with van der Waals surface area (Å²) in [6.07, 6.45) is -4.93. The normalized spacial score (nSPS) is 15.5. The lowest BCUT2D eigenvalue weighted by Gasteiger charge is -2.27. The number of rotatable bonds is 6. The molecule has 1 aliphatic rings. The van der Waals surface area contributed by atoms with Gasteiger partial charge in [0.15, 0.2) is 6.10 Å². The molecule has 2 heterocycles. The van der Waals surface area contributed by atoms with Crippen molar-refractivity contribution in [2.45, 2.75) is 17.2 Å². The highest BCUT2D eigenvalue weighted by atomic mass is 35.5. The number of alkyl halides is 3. The summed E-state index contributed by atoms with van der Waals surface area (Å²) in [7, 11) is -3.52. The first-order valence-electron chi connectivity index (χ1n) is 9.89. The largest absolute Gasteiger partial charge is 0.447 e. The molecule has 2 aromatic carbocycles. The fourth-order valence-corrected chi connectivity index (χ4v) is 5.70. The van der Waals surface area contributed by atoms with Gasteiger partial charge in [-0.05, 0) is 36.4 Å². The Bertz CT molecular complexity index is 1470. The molecule has 4 rings (SSSR count). The van der Waals surface area contributed by atoms with Crippen LogP contribution in [0.4, 0.5) is 18.9 Å². The van der Waals surface area contributed by atoms with Crippen LogP contribution in [0.1, 0.15) is 33.3 Å². The minimum atomic E-state index is -4.91. The number of anilines is 1. The summed E-state index contributed by atoms with van der Waals surface area (Å²) < 4.78 is 78.6. The number of ether oxygens (including phenoxy) is 2. The molecule has 1 aliphatic heterocycles. The number of aromatic nitrogens is 1. The van der Waals surface area contributed by atoms with E-state index in [4.69, 9.17) is 44.3 Å². The number of carbonyl (C=O) groups excluding carboxylic acids is 1. The van der Waals surface area contributed by atoms with Crippen molar-refractivity contribution in [1.29, 1.82) is 0 Å². The first kappa shape index (κ1) is 26.5. The van der Waals surface area contributed by atoms with E-state index in [0.29, 0.717) is 10.4 Å². The molecule has 190 valence electrons. The van der Waals surface area contributed by atoms with E-state index >= 15 is 0 Å². The highest BCUT2D eigenvalue weighted by Crippen LogP contribution is 2.44. The average Bonchev–Trinajstić information content (AvgIpc) is 3.14. The zero-order chi connectivity index (χ0) is 26.4. The van der Waals surface area contributed by atoms with Crippen LogP contribution >= 0.6 is 34.8 Å². The number of sulfonamides is 1. The van der Waals surface area contributed by atoms with Gasteiger partial charge in [-0.15, -0.1) is 0 Å². The number of cyclic esters (lactones) is 1. The van der Waals surface area contributed by atoms with Crippen LogP contribution in [0.25, 0.3) is 0 Å². The highest BCUT2D eigenvalue weighted by Gasteiger charge is 2.40. The molecule has 14 heteroatoms. The minimum Gasteiger partial charge on any atom is -0.447 e. The lowest BCUT2D eigenvalue weighted by Crippen LogP contribution is -2.34. The Morgan fingerprint density at radius 3 is 2.50 bits per heavy atom. The molecule has 0 amide bonds. The molecule has 3 aromatic rings. The maximum absolute atomic E-state index is 13.6. The molecule has 1 aromatic heterocycles. The van der Waals surface area contributed by atoms with E-state index in [0.717, 1.165) is 12.1 Å². The Kier molecular flexibility index (Phi) is 7.15. The van der Waals surface area contributed by atoms with Crippen molar-refractivity contribution in [3.63, 3.8) is 0 Å². The molecule has 0 fully saturated rings. The van der Waals surface area contributed by atoms with Crippen molar-refractivity contribution < 1.29 is 35.9 Å². The van der Waals surface area contributed by atoms with Gasteiger partial charge in [-0.25, -0.2) is 17.5 Å². The van der Waals surface area contributed by atoms with Gasteiger partial charge in [-0.3, -0.25) is 4.98 Å². The zero-order valence-corrected chi connectivity index (χ0v) is 21.1. The van der Waals surface area contributed by atoms with Gasteiger partial charge in [0.05, 0.1) is 31.8 Å². The monoisotopic (exact) mass is 580 g/mol. The molecule has 7 nitrogen and oxygen atoms in total. The quantitative estimate of drug-likeness (QED) is 0.258. The van der Waals surface area contributed by atoms with Gasteiger partial charge >= 0.3 is 12.1 Å². The van der Waals surface area contributed by atoms with Crippen LogP contribution in [0.15, 0.2) is 53.6 Å². The molecule has 1 atom stereocenters. The molecule has 0 N–H and O–H groups in total. The van der Waals surface area contributed by atoms with Crippen LogP contribution in [0, 0.1) is 0 Å². The first-order chi connectivity index (χ1) is 16.9. The predicted molar refractivity (Wildman–Crippen MR) is 126 cm³/mol. The number of esters is 1. The van der Waals surface area contributed by atoms with Gasteiger partial charge < -0.3 is 9.47 Å². The van der Waals surface area contributed by atoms with Crippen molar-refractivity contribution in [3.05, 3.63) is 86.1 Å². The lowest BCUT2D eigenvalue weighted by molar-refractivity contribution is -0.137. The van der Waals surface area contributed by atoms with E-state index in [-0.39, 0.29) is 32.6 Å². The Morgan fingerprint density at radius 2 is 1.83 bits per heavy atom. The number of fused-ring (bicyclic) bond motifs is 1. The number of carbonyl (C=O) groups is 1. The maximum Gasteiger partial charge on any atom is 0.417 e. The number of pyridine rings is 1. The molecule has 0 bridgehead atoms. The molecule has 0 saturated carbocycles. The van der Waals surface area contributed by atoms with Crippen molar-refractivity contribution in [3.8, 4) is 0 Å². The van der Waals surface area contributed by atoms with Crippen LogP contribution in [0.5, 0.6) is 0 Å². The van der Waals surface area contributed by atoms with E-state index in [1.54, 1.807) is 6.07 Å². The Balaban J connectivity index is 1.91. The van der Waals surface area contributed by atoms with Crippen LogP contribution in [-0.2, 0) is 25.7 Å². The van der Waals surface area contributed by atoms with Gasteiger partial charge in [-0.2, -0.15) is 13.2 Å². The Hall–Kier alpha value is -2.57. The predicted octanol–water partition coefficient (Wildman–Crippen LogP) is 6.12. The van der Waals surface area contributed by atoms with Crippen molar-refractivity contribution in [2.75, 3.05) is 18.1 Å². The fraction of sp³-hybridized carbons (Fsp3) is 0.182. The molecular weight excluding hydrogens is 568 g/mol. The lowest BCUT2D eigenvalue weighted by atomic mass is 10.0. The molecular formula is C22H14Cl3F3N2O5S. The van der Waals surface area contributed by atoms with Crippen molar-refractivity contribution >= 4 is 56.5 Å².